The first kappa shape index (κ1) is 83.7. The van der Waals surface area contributed by atoms with Gasteiger partial charge >= 0.3 is 0 Å². The van der Waals surface area contributed by atoms with E-state index in [-0.39, 0.29) is 18.4 Å². The van der Waals surface area contributed by atoms with Crippen molar-refractivity contribution in [2.75, 3.05) is 59.4 Å². The Bertz CT molecular complexity index is 2190. The number of aliphatic hydroxyl groups excluding tert-OH is 17. The lowest BCUT2D eigenvalue weighted by molar-refractivity contribution is -0.393. The van der Waals surface area contributed by atoms with E-state index in [4.69, 9.17) is 61.6 Å². The van der Waals surface area contributed by atoms with Crippen molar-refractivity contribution in [2.45, 2.75) is 321 Å². The third-order valence-electron chi connectivity index (χ3n) is 18.7. The molecule has 0 saturated carbocycles. The first-order chi connectivity index (χ1) is 46.5. The van der Waals surface area contributed by atoms with Crippen molar-refractivity contribution in [3.63, 3.8) is 0 Å². The molecule has 0 aromatic rings. The molecule has 12 unspecified atom stereocenters. The Labute approximate surface area is 565 Å². The lowest BCUT2D eigenvalue weighted by Gasteiger charge is -2.51. The van der Waals surface area contributed by atoms with Gasteiger partial charge in [-0.3, -0.25) is 9.59 Å². The average Bonchev–Trinajstić information content (AvgIpc) is 0.775. The van der Waals surface area contributed by atoms with Crippen LogP contribution < -0.4 is 10.6 Å². The highest BCUT2D eigenvalue weighted by atomic mass is 16.8. The first-order valence-electron chi connectivity index (χ1n) is 34.6. The zero-order valence-electron chi connectivity index (χ0n) is 56.0. The minimum Gasteiger partial charge on any atom is -0.394 e. The summed E-state index contributed by atoms with van der Waals surface area (Å²) in [6.45, 7) is 3.85. The number of hydrogen-bond acceptors (Lipinski definition) is 32. The van der Waals surface area contributed by atoms with E-state index in [0.717, 1.165) is 58.7 Å². The van der Waals surface area contributed by atoms with Gasteiger partial charge < -0.3 is 159 Å². The Kier molecular flexibility index (Phi) is 36.7. The van der Waals surface area contributed by atoms with E-state index in [0.29, 0.717) is 25.8 Å². The van der Waals surface area contributed by atoms with Gasteiger partial charge in [-0.2, -0.15) is 0 Å². The minimum atomic E-state index is -2.23. The van der Waals surface area contributed by atoms with Gasteiger partial charge in [-0.25, -0.2) is 0 Å². The maximum atomic E-state index is 12.9. The van der Waals surface area contributed by atoms with Crippen LogP contribution in [0.4, 0.5) is 0 Å². The molecular weight excluding hydrogens is 1300 g/mol. The van der Waals surface area contributed by atoms with Crippen LogP contribution in [0, 0.1) is 5.92 Å². The van der Waals surface area contributed by atoms with E-state index < -0.39 is 223 Å². The van der Waals surface area contributed by atoms with E-state index in [1.54, 1.807) is 0 Å². The van der Waals surface area contributed by atoms with Crippen molar-refractivity contribution >= 4 is 11.8 Å². The number of amides is 2. The summed E-state index contributed by atoms with van der Waals surface area (Å²) in [5, 5.41) is 192. The van der Waals surface area contributed by atoms with Gasteiger partial charge in [0.15, 0.2) is 37.7 Å². The summed E-state index contributed by atoms with van der Waals surface area (Å²) in [6.07, 6.45) is -35.8. The second kappa shape index (κ2) is 42.5. The van der Waals surface area contributed by atoms with Crippen LogP contribution in [0.25, 0.3) is 0 Å². The lowest BCUT2D eigenvalue weighted by Crippen LogP contribution is -2.70. The van der Waals surface area contributed by atoms with Gasteiger partial charge in [-0.1, -0.05) is 84.5 Å². The summed E-state index contributed by atoms with van der Waals surface area (Å²) in [7, 11) is 0. The molecule has 97 heavy (non-hydrogen) atoms. The monoisotopic (exact) mass is 1410 g/mol. The predicted octanol–water partition coefficient (Wildman–Crippen LogP) is -5.48. The van der Waals surface area contributed by atoms with Crippen molar-refractivity contribution in [3.8, 4) is 0 Å². The first-order valence-corrected chi connectivity index (χ1v) is 34.6. The van der Waals surface area contributed by atoms with Gasteiger partial charge in [0.2, 0.25) is 11.8 Å². The SMILES string of the molecule is CCCCCCCCOCCCCCCCCC[C@@H](C)C(=O)NCCCCCO[C@H]1OC(CO)[C@@H](O[C@@H]2OC(CO)[C@H](O[C@H]3OC(CO)[C@H](O)[C@H](O[C@@H]4OC(CO)[C@H](O)[C@H](O[C@@H]5OC(CO)[C@H](O)[C@H](O)C5O[C@@H]5OC(C)[C@@H](O)[C@H](O)C5O)C4NC(C)=O)C3O)[C@H](O)C2O)[C@H](O)C1O. The molecule has 0 bridgehead atoms. The fourth-order valence-corrected chi connectivity index (χ4v) is 12.7. The van der Waals surface area contributed by atoms with Crippen LogP contribution in [-0.2, 0) is 71.2 Å². The smallest absolute Gasteiger partial charge is 0.222 e. The molecule has 2 amide bonds. The molecule has 6 aliphatic heterocycles. The normalized spacial score (nSPS) is 40.8. The van der Waals surface area contributed by atoms with Crippen molar-refractivity contribution < 1.29 is 158 Å². The average molecular weight is 1410 g/mol. The standard InChI is InChI=1S/C63H114N2O32/c1-5-6-7-8-13-18-23-85-24-19-14-11-9-10-12-16-21-31(2)57(84)64-22-17-15-20-25-86-59-49(81)46(78)52(37(29-69)91-59)93-61-50(82)47(79)53(38(30-70)92-61)94-62-51(83)55(43(75)36(28-68)89-62)96-58-39(65-33(4)71)54(42(74)35(27-67)88-58)95-63-56(45(77)41(73)34(26-66)90-63)97-60-48(80)44(76)40(72)32(3)87-60/h31-32,34-56,58-63,66-70,72-83H,5-30H2,1-4H3,(H,64,84)(H,65,71)/t31-,32?,34?,35?,36?,37?,38?,39?,40-,41+,42+,43+,44+,45+,46-,47-,48?,49?,50?,51?,52-,53+,54-,55+,56?,58+,59+,60+,61+,62-,63+/m1/s1. The van der Waals surface area contributed by atoms with Gasteiger partial charge in [0.1, 0.15) is 140 Å². The third-order valence-corrected chi connectivity index (χ3v) is 18.7. The minimum absolute atomic E-state index is 0.00982. The molecule has 6 aliphatic rings. The van der Waals surface area contributed by atoms with Crippen molar-refractivity contribution in [3.05, 3.63) is 0 Å². The Hall–Kier alpha value is -2.26. The Balaban J connectivity index is 0.980. The quantitative estimate of drug-likeness (QED) is 0.0254. The molecule has 6 rings (SSSR count). The number of rotatable bonds is 41. The molecular formula is C63H114N2O32. The van der Waals surface area contributed by atoms with Crippen LogP contribution >= 0.6 is 0 Å². The summed E-state index contributed by atoms with van der Waals surface area (Å²) in [5.74, 6) is -0.990. The van der Waals surface area contributed by atoms with Gasteiger partial charge in [-0.05, 0) is 45.4 Å². The van der Waals surface area contributed by atoms with E-state index in [2.05, 4.69) is 17.6 Å². The van der Waals surface area contributed by atoms with E-state index >= 15 is 0 Å². The van der Waals surface area contributed by atoms with Crippen molar-refractivity contribution in [1.82, 2.24) is 10.6 Å². The third kappa shape index (κ3) is 23.4. The zero-order valence-corrected chi connectivity index (χ0v) is 56.0. The fourth-order valence-electron chi connectivity index (χ4n) is 12.7. The summed E-state index contributed by atoms with van der Waals surface area (Å²) >= 11 is 0. The summed E-state index contributed by atoms with van der Waals surface area (Å²) in [4.78, 5) is 25.7. The van der Waals surface area contributed by atoms with E-state index in [1.807, 2.05) is 6.92 Å². The molecule has 6 heterocycles. The number of aliphatic hydroxyl groups is 17. The molecule has 31 atom stereocenters. The van der Waals surface area contributed by atoms with Crippen LogP contribution in [-0.4, -0.2) is 342 Å². The summed E-state index contributed by atoms with van der Waals surface area (Å²) in [6, 6.07) is -1.80. The summed E-state index contributed by atoms with van der Waals surface area (Å²) in [5.41, 5.74) is 0. The molecule has 0 aromatic carbocycles. The molecule has 0 radical (unpaired) electrons. The largest absolute Gasteiger partial charge is 0.394 e. The second-order valence-electron chi connectivity index (χ2n) is 26.2. The van der Waals surface area contributed by atoms with Gasteiger partial charge in [0.25, 0.3) is 0 Å². The Morgan fingerprint density at radius 2 is 0.804 bits per heavy atom. The van der Waals surface area contributed by atoms with Gasteiger partial charge in [0.05, 0.1) is 39.1 Å². The lowest BCUT2D eigenvalue weighted by atomic mass is 9.94. The van der Waals surface area contributed by atoms with Crippen LogP contribution in [0.15, 0.2) is 0 Å². The molecule has 568 valence electrons. The number of ether oxygens (including phenoxy) is 13. The Morgan fingerprint density at radius 3 is 1.38 bits per heavy atom. The highest BCUT2D eigenvalue weighted by Crippen LogP contribution is 2.38. The second-order valence-corrected chi connectivity index (χ2v) is 26.2. The van der Waals surface area contributed by atoms with E-state index in [1.165, 1.54) is 58.3 Å². The molecule has 6 fully saturated rings. The molecule has 34 nitrogen and oxygen atoms in total. The number of carbonyl (C=O) groups excluding carboxylic acids is 2. The maximum Gasteiger partial charge on any atom is 0.222 e. The van der Waals surface area contributed by atoms with Gasteiger partial charge in [0, 0.05) is 39.2 Å². The topological polar surface area (TPSA) is 522 Å². The maximum absolute atomic E-state index is 12.9. The highest BCUT2D eigenvalue weighted by molar-refractivity contribution is 5.78. The van der Waals surface area contributed by atoms with E-state index in [9.17, 15) is 96.4 Å². The number of nitrogens with one attached hydrogen (secondary N) is 2. The fraction of sp³-hybridized carbons (Fsp3) is 0.968. The predicted molar refractivity (Wildman–Crippen MR) is 330 cm³/mol. The molecule has 34 heteroatoms. The van der Waals surface area contributed by atoms with Crippen molar-refractivity contribution in [1.29, 1.82) is 0 Å². The number of hydrogen-bond donors (Lipinski definition) is 19. The molecule has 19 N–H and O–H groups in total. The van der Waals surface area contributed by atoms with Crippen LogP contribution in [0.1, 0.15) is 137 Å². The molecule has 0 aromatic heterocycles. The zero-order chi connectivity index (χ0) is 71.0. The van der Waals surface area contributed by atoms with Crippen LogP contribution in [0.3, 0.4) is 0 Å². The van der Waals surface area contributed by atoms with Crippen LogP contribution in [0.2, 0.25) is 0 Å². The Morgan fingerprint density at radius 1 is 0.392 bits per heavy atom. The van der Waals surface area contributed by atoms with Crippen molar-refractivity contribution in [2.24, 2.45) is 5.92 Å². The number of carbonyl (C=O) groups is 2. The molecule has 6 saturated heterocycles. The molecule has 0 spiro atoms. The highest BCUT2D eigenvalue weighted by Gasteiger charge is 2.58. The number of unbranched alkanes of at least 4 members (excludes halogenated alkanes) is 13. The summed E-state index contributed by atoms with van der Waals surface area (Å²) < 4.78 is 75.7. The molecule has 0 aliphatic carbocycles. The van der Waals surface area contributed by atoms with Crippen LogP contribution in [0.5, 0.6) is 0 Å². The van der Waals surface area contributed by atoms with Gasteiger partial charge in [-0.15, -0.1) is 0 Å².